The number of ether oxygens (including phenoxy) is 1. The number of aromatic nitrogens is 3. The quantitative estimate of drug-likeness (QED) is 0.799. The molecule has 1 aliphatic heterocycles. The number of nitrogens with zero attached hydrogens (tertiary/aromatic N) is 3. The molecule has 0 bridgehead atoms. The summed E-state index contributed by atoms with van der Waals surface area (Å²) in [4.78, 5) is 22.9. The highest BCUT2D eigenvalue weighted by atomic mass is 16.5. The molecule has 1 aromatic carbocycles. The summed E-state index contributed by atoms with van der Waals surface area (Å²) in [6.07, 6.45) is 3.75. The van der Waals surface area contributed by atoms with Crippen LogP contribution in [0.15, 0.2) is 36.7 Å². The number of hydrogen-bond donors (Lipinski definition) is 1. The number of hydrogen-bond acceptors (Lipinski definition) is 3. The van der Waals surface area contributed by atoms with Crippen LogP contribution in [-0.2, 0) is 11.3 Å². The van der Waals surface area contributed by atoms with Crippen molar-refractivity contribution in [2.45, 2.75) is 26.4 Å². The van der Waals surface area contributed by atoms with Crippen molar-refractivity contribution in [3.63, 3.8) is 0 Å². The van der Waals surface area contributed by atoms with Crippen molar-refractivity contribution < 1.29 is 9.53 Å². The number of carbonyl (C=O) groups excluding carboxylic acids is 1. The second-order valence-corrected chi connectivity index (χ2v) is 6.39. The molecule has 1 N–H and O–H groups in total. The molecule has 3 heterocycles. The summed E-state index contributed by atoms with van der Waals surface area (Å²) in [6.45, 7) is 6.46. The van der Waals surface area contributed by atoms with E-state index in [0.717, 1.165) is 34.5 Å². The Morgan fingerprint density at radius 1 is 1.40 bits per heavy atom. The molecule has 0 saturated carbocycles. The fraction of sp³-hybridized carbons (Fsp3) is 0.368. The van der Waals surface area contributed by atoms with Crippen LogP contribution in [0.2, 0.25) is 0 Å². The van der Waals surface area contributed by atoms with Crippen molar-refractivity contribution in [1.82, 2.24) is 19.4 Å². The van der Waals surface area contributed by atoms with Crippen LogP contribution in [0, 0.1) is 6.92 Å². The molecular formula is C19H22N4O2. The first-order chi connectivity index (χ1) is 12.2. The minimum atomic E-state index is -0.182. The number of rotatable bonds is 3. The third-order valence-corrected chi connectivity index (χ3v) is 4.79. The number of benzene rings is 1. The van der Waals surface area contributed by atoms with Gasteiger partial charge in [0.05, 0.1) is 18.8 Å². The van der Waals surface area contributed by atoms with Crippen molar-refractivity contribution in [2.75, 3.05) is 19.8 Å². The summed E-state index contributed by atoms with van der Waals surface area (Å²) in [5.41, 5.74) is 2.81. The van der Waals surface area contributed by atoms with Crippen LogP contribution in [0.3, 0.4) is 0 Å². The molecule has 3 aromatic rings. The number of fused-ring (bicyclic) bond motifs is 1. The van der Waals surface area contributed by atoms with E-state index in [1.165, 1.54) is 0 Å². The second-order valence-electron chi connectivity index (χ2n) is 6.39. The molecule has 6 heteroatoms. The molecule has 0 radical (unpaired) electrons. The van der Waals surface area contributed by atoms with Gasteiger partial charge in [0.1, 0.15) is 11.9 Å². The third-order valence-electron chi connectivity index (χ3n) is 4.79. The maximum atomic E-state index is 13.3. The summed E-state index contributed by atoms with van der Waals surface area (Å²) in [5, 5.41) is 0.996. The van der Waals surface area contributed by atoms with Gasteiger partial charge in [0.15, 0.2) is 0 Å². The molecule has 0 aliphatic carbocycles. The standard InChI is InChI=1S/C19H22N4O2/c1-3-22-11-15(14-6-4-5-7-16(14)22)19(24)23-8-9-25-12-17(23)18-20-10-13(2)21-18/h4-7,10-11,17H,3,8-9,12H2,1-2H3,(H,20,21). The van der Waals surface area contributed by atoms with E-state index in [1.807, 2.05) is 36.2 Å². The van der Waals surface area contributed by atoms with Gasteiger partial charge in [-0.2, -0.15) is 0 Å². The number of para-hydroxylation sites is 1. The Labute approximate surface area is 146 Å². The van der Waals surface area contributed by atoms with Gasteiger partial charge < -0.3 is 19.2 Å². The van der Waals surface area contributed by atoms with E-state index in [0.29, 0.717) is 19.8 Å². The lowest BCUT2D eigenvalue weighted by atomic mass is 10.1. The van der Waals surface area contributed by atoms with E-state index in [4.69, 9.17) is 4.74 Å². The average molecular weight is 338 g/mol. The van der Waals surface area contributed by atoms with Crippen molar-refractivity contribution in [2.24, 2.45) is 0 Å². The molecule has 130 valence electrons. The largest absolute Gasteiger partial charge is 0.377 e. The van der Waals surface area contributed by atoms with E-state index in [2.05, 4.69) is 27.5 Å². The Kier molecular flexibility index (Phi) is 4.05. The first-order valence-electron chi connectivity index (χ1n) is 8.67. The lowest BCUT2D eigenvalue weighted by Gasteiger charge is -2.34. The highest BCUT2D eigenvalue weighted by molar-refractivity contribution is 6.07. The van der Waals surface area contributed by atoms with Gasteiger partial charge in [0.25, 0.3) is 5.91 Å². The summed E-state index contributed by atoms with van der Waals surface area (Å²) >= 11 is 0. The number of H-pyrrole nitrogens is 1. The highest BCUT2D eigenvalue weighted by Gasteiger charge is 2.32. The van der Waals surface area contributed by atoms with Crippen LogP contribution in [0.1, 0.15) is 34.8 Å². The highest BCUT2D eigenvalue weighted by Crippen LogP contribution is 2.28. The van der Waals surface area contributed by atoms with Gasteiger partial charge in [-0.3, -0.25) is 4.79 Å². The Balaban J connectivity index is 1.74. The number of aryl methyl sites for hydroxylation is 2. The number of imidazole rings is 1. The van der Waals surface area contributed by atoms with Crippen LogP contribution in [0.5, 0.6) is 0 Å². The number of carbonyl (C=O) groups is 1. The van der Waals surface area contributed by atoms with E-state index < -0.39 is 0 Å². The third kappa shape index (κ3) is 2.72. The second kappa shape index (κ2) is 6.37. The number of nitrogens with one attached hydrogen (secondary N) is 1. The molecule has 4 rings (SSSR count). The first kappa shape index (κ1) is 15.9. The zero-order chi connectivity index (χ0) is 17.4. The number of amides is 1. The molecule has 6 nitrogen and oxygen atoms in total. The van der Waals surface area contributed by atoms with Crippen LogP contribution < -0.4 is 0 Å². The lowest BCUT2D eigenvalue weighted by Crippen LogP contribution is -2.43. The number of aromatic amines is 1. The molecule has 1 amide bonds. The molecule has 0 spiro atoms. The topological polar surface area (TPSA) is 63.1 Å². The molecule has 25 heavy (non-hydrogen) atoms. The zero-order valence-electron chi connectivity index (χ0n) is 14.5. The number of morpholine rings is 1. The zero-order valence-corrected chi connectivity index (χ0v) is 14.5. The molecule has 1 unspecified atom stereocenters. The monoisotopic (exact) mass is 338 g/mol. The van der Waals surface area contributed by atoms with E-state index >= 15 is 0 Å². The van der Waals surface area contributed by atoms with Crippen molar-refractivity contribution in [3.05, 3.63) is 53.7 Å². The lowest BCUT2D eigenvalue weighted by molar-refractivity contribution is -0.00491. The average Bonchev–Trinajstić information content (AvgIpc) is 3.25. The Hall–Kier alpha value is -2.60. The van der Waals surface area contributed by atoms with Crippen LogP contribution in [0.4, 0.5) is 0 Å². The molecule has 1 atom stereocenters. The van der Waals surface area contributed by atoms with Gasteiger partial charge in [-0.15, -0.1) is 0 Å². The van der Waals surface area contributed by atoms with E-state index in [9.17, 15) is 4.79 Å². The molecular weight excluding hydrogens is 316 g/mol. The van der Waals surface area contributed by atoms with Crippen molar-refractivity contribution in [3.8, 4) is 0 Å². The van der Waals surface area contributed by atoms with Crippen molar-refractivity contribution >= 4 is 16.8 Å². The maximum Gasteiger partial charge on any atom is 0.256 e. The van der Waals surface area contributed by atoms with Gasteiger partial charge in [0, 0.05) is 42.1 Å². The fourth-order valence-electron chi connectivity index (χ4n) is 3.51. The molecule has 1 saturated heterocycles. The van der Waals surface area contributed by atoms with Crippen LogP contribution >= 0.6 is 0 Å². The Bertz CT molecular complexity index is 911. The summed E-state index contributed by atoms with van der Waals surface area (Å²) in [7, 11) is 0. The smallest absolute Gasteiger partial charge is 0.256 e. The van der Waals surface area contributed by atoms with E-state index in [1.54, 1.807) is 6.20 Å². The predicted octanol–water partition coefficient (Wildman–Crippen LogP) is 2.91. The first-order valence-corrected chi connectivity index (χ1v) is 8.67. The Morgan fingerprint density at radius 2 is 2.24 bits per heavy atom. The van der Waals surface area contributed by atoms with Crippen LogP contribution in [-0.4, -0.2) is 45.1 Å². The van der Waals surface area contributed by atoms with Gasteiger partial charge in [-0.25, -0.2) is 4.98 Å². The van der Waals surface area contributed by atoms with Gasteiger partial charge in [0.2, 0.25) is 0 Å². The predicted molar refractivity (Wildman–Crippen MR) is 95.5 cm³/mol. The van der Waals surface area contributed by atoms with Gasteiger partial charge >= 0.3 is 0 Å². The molecule has 1 aliphatic rings. The van der Waals surface area contributed by atoms with Gasteiger partial charge in [-0.1, -0.05) is 18.2 Å². The Morgan fingerprint density at radius 3 is 3.00 bits per heavy atom. The van der Waals surface area contributed by atoms with Crippen molar-refractivity contribution in [1.29, 1.82) is 0 Å². The maximum absolute atomic E-state index is 13.3. The summed E-state index contributed by atoms with van der Waals surface area (Å²) in [6, 6.07) is 7.88. The van der Waals surface area contributed by atoms with Gasteiger partial charge in [-0.05, 0) is 19.9 Å². The normalized spacial score (nSPS) is 18.0. The molecule has 1 fully saturated rings. The SMILES string of the molecule is CCn1cc(C(=O)N2CCOCC2c2ncc(C)[nH]2)c2ccccc21. The van der Waals surface area contributed by atoms with E-state index in [-0.39, 0.29) is 11.9 Å². The summed E-state index contributed by atoms with van der Waals surface area (Å²) in [5.74, 6) is 0.815. The fourth-order valence-corrected chi connectivity index (χ4v) is 3.51. The molecule has 2 aromatic heterocycles. The van der Waals surface area contributed by atoms with Crippen LogP contribution in [0.25, 0.3) is 10.9 Å². The minimum absolute atomic E-state index is 0.0331. The summed E-state index contributed by atoms with van der Waals surface area (Å²) < 4.78 is 7.74. The minimum Gasteiger partial charge on any atom is -0.377 e.